The van der Waals surface area contributed by atoms with E-state index in [1.54, 1.807) is 0 Å². The van der Waals surface area contributed by atoms with Crippen LogP contribution in [0.2, 0.25) is 0 Å². The monoisotopic (exact) mass is 186 g/mol. The van der Waals surface area contributed by atoms with Crippen molar-refractivity contribution < 1.29 is 14.3 Å². The lowest BCUT2D eigenvalue weighted by Gasteiger charge is -2.11. The molecule has 0 N–H and O–H groups in total. The smallest absolute Gasteiger partial charge is 0.305 e. The minimum Gasteiger partial charge on any atom is -0.465 e. The number of Topliss-reactive ketones (excluding diaryl/α,β-unsaturated/α-hetero) is 1. The molecule has 1 unspecified atom stereocenters. The molecule has 0 bridgehead atoms. The van der Waals surface area contributed by atoms with E-state index in [0.29, 0.717) is 6.42 Å². The van der Waals surface area contributed by atoms with Crippen LogP contribution in [0.4, 0.5) is 0 Å². The standard InChI is InChI=1S/C10H18O3/c1-4-6-10(12)13-7-9(5-2)8(3)11/h9H,4-7H2,1-3H3. The van der Waals surface area contributed by atoms with Gasteiger partial charge in [0, 0.05) is 6.42 Å². The normalized spacial score (nSPS) is 12.2. The Morgan fingerprint density at radius 3 is 2.31 bits per heavy atom. The molecule has 0 fully saturated rings. The lowest BCUT2D eigenvalue weighted by Crippen LogP contribution is -2.19. The summed E-state index contributed by atoms with van der Waals surface area (Å²) < 4.78 is 4.94. The molecule has 0 rings (SSSR count). The van der Waals surface area contributed by atoms with Gasteiger partial charge in [0.05, 0.1) is 5.92 Å². The second-order valence-corrected chi connectivity index (χ2v) is 3.15. The Morgan fingerprint density at radius 2 is 1.92 bits per heavy atom. The summed E-state index contributed by atoms with van der Waals surface area (Å²) in [6.45, 7) is 5.61. The molecule has 0 amide bonds. The molecule has 0 saturated carbocycles. The van der Waals surface area contributed by atoms with Crippen molar-refractivity contribution >= 4 is 11.8 Å². The molecule has 3 nitrogen and oxygen atoms in total. The number of carbonyl (C=O) groups is 2. The summed E-state index contributed by atoms with van der Waals surface area (Å²) in [5.74, 6) is -0.241. The Hall–Kier alpha value is -0.860. The SMILES string of the molecule is CCCC(=O)OCC(CC)C(C)=O. The molecule has 0 heterocycles. The molecule has 3 heteroatoms. The molecule has 0 aliphatic carbocycles. The van der Waals surface area contributed by atoms with Gasteiger partial charge < -0.3 is 4.74 Å². The number of hydrogen-bond acceptors (Lipinski definition) is 3. The summed E-state index contributed by atoms with van der Waals surface area (Å²) in [5, 5.41) is 0. The van der Waals surface area contributed by atoms with Gasteiger partial charge in [0.25, 0.3) is 0 Å². The van der Waals surface area contributed by atoms with Gasteiger partial charge in [0.1, 0.15) is 12.4 Å². The second kappa shape index (κ2) is 6.63. The van der Waals surface area contributed by atoms with E-state index in [9.17, 15) is 9.59 Å². The van der Waals surface area contributed by atoms with Gasteiger partial charge in [-0.2, -0.15) is 0 Å². The summed E-state index contributed by atoms with van der Waals surface area (Å²) in [5.41, 5.74) is 0. The van der Waals surface area contributed by atoms with Crippen LogP contribution in [0.1, 0.15) is 40.0 Å². The number of carbonyl (C=O) groups excluding carboxylic acids is 2. The first-order valence-electron chi connectivity index (χ1n) is 4.77. The van der Waals surface area contributed by atoms with E-state index in [4.69, 9.17) is 4.74 Å². The molecule has 0 aliphatic rings. The van der Waals surface area contributed by atoms with Crippen LogP contribution >= 0.6 is 0 Å². The number of esters is 1. The number of hydrogen-bond donors (Lipinski definition) is 0. The Morgan fingerprint density at radius 1 is 1.31 bits per heavy atom. The number of rotatable bonds is 6. The molecular formula is C10H18O3. The Bertz CT molecular complexity index is 175. The first kappa shape index (κ1) is 12.1. The lowest BCUT2D eigenvalue weighted by atomic mass is 10.0. The topological polar surface area (TPSA) is 43.4 Å². The molecule has 0 saturated heterocycles. The van der Waals surface area contributed by atoms with Gasteiger partial charge in [0.2, 0.25) is 0 Å². The predicted molar refractivity (Wildman–Crippen MR) is 50.3 cm³/mol. The van der Waals surface area contributed by atoms with Crippen molar-refractivity contribution in [3.8, 4) is 0 Å². The molecular weight excluding hydrogens is 168 g/mol. The molecule has 0 radical (unpaired) electrons. The fraction of sp³-hybridized carbons (Fsp3) is 0.800. The quantitative estimate of drug-likeness (QED) is 0.595. The largest absolute Gasteiger partial charge is 0.465 e. The fourth-order valence-corrected chi connectivity index (χ4v) is 0.992. The molecule has 0 aliphatic heterocycles. The third-order valence-electron chi connectivity index (χ3n) is 1.97. The zero-order chi connectivity index (χ0) is 10.3. The highest BCUT2D eigenvalue weighted by Gasteiger charge is 2.13. The summed E-state index contributed by atoms with van der Waals surface area (Å²) in [6.07, 6.45) is 1.96. The van der Waals surface area contributed by atoms with Crippen molar-refractivity contribution in [2.75, 3.05) is 6.61 Å². The van der Waals surface area contributed by atoms with Crippen LogP contribution in [0.15, 0.2) is 0 Å². The third-order valence-corrected chi connectivity index (χ3v) is 1.97. The van der Waals surface area contributed by atoms with E-state index in [1.165, 1.54) is 6.92 Å². The van der Waals surface area contributed by atoms with E-state index >= 15 is 0 Å². The van der Waals surface area contributed by atoms with Crippen molar-refractivity contribution in [3.63, 3.8) is 0 Å². The Labute approximate surface area is 79.5 Å². The van der Waals surface area contributed by atoms with Crippen molar-refractivity contribution in [1.29, 1.82) is 0 Å². The molecule has 0 aromatic heterocycles. The minimum atomic E-state index is -0.206. The van der Waals surface area contributed by atoms with Gasteiger partial charge >= 0.3 is 5.97 Å². The zero-order valence-electron chi connectivity index (χ0n) is 8.63. The summed E-state index contributed by atoms with van der Waals surface area (Å²) in [4.78, 5) is 21.9. The molecule has 0 aromatic carbocycles. The van der Waals surface area contributed by atoms with Crippen LogP contribution < -0.4 is 0 Å². The Balaban J connectivity index is 3.72. The van der Waals surface area contributed by atoms with Crippen LogP contribution in [0.5, 0.6) is 0 Å². The average Bonchev–Trinajstić information content (AvgIpc) is 2.05. The minimum absolute atomic E-state index is 0.0896. The van der Waals surface area contributed by atoms with Gasteiger partial charge in [-0.1, -0.05) is 13.8 Å². The zero-order valence-corrected chi connectivity index (χ0v) is 8.63. The second-order valence-electron chi connectivity index (χ2n) is 3.15. The van der Waals surface area contributed by atoms with Gasteiger partial charge in [-0.25, -0.2) is 0 Å². The summed E-state index contributed by atoms with van der Waals surface area (Å²) in [7, 11) is 0. The predicted octanol–water partition coefficient (Wildman–Crippen LogP) is 1.94. The van der Waals surface area contributed by atoms with Gasteiger partial charge in [-0.05, 0) is 19.8 Å². The highest BCUT2D eigenvalue weighted by atomic mass is 16.5. The maximum absolute atomic E-state index is 11.0. The molecule has 1 atom stereocenters. The van der Waals surface area contributed by atoms with Crippen LogP contribution in [-0.4, -0.2) is 18.4 Å². The first-order chi connectivity index (χ1) is 6.11. The van der Waals surface area contributed by atoms with Crippen molar-refractivity contribution in [3.05, 3.63) is 0 Å². The van der Waals surface area contributed by atoms with E-state index in [1.807, 2.05) is 13.8 Å². The lowest BCUT2D eigenvalue weighted by molar-refractivity contribution is -0.146. The van der Waals surface area contributed by atoms with Crippen LogP contribution in [0, 0.1) is 5.92 Å². The number of ketones is 1. The summed E-state index contributed by atoms with van der Waals surface area (Å²) in [6, 6.07) is 0. The molecule has 0 aromatic rings. The van der Waals surface area contributed by atoms with E-state index < -0.39 is 0 Å². The average molecular weight is 186 g/mol. The highest BCUT2D eigenvalue weighted by Crippen LogP contribution is 2.05. The van der Waals surface area contributed by atoms with Gasteiger partial charge in [-0.15, -0.1) is 0 Å². The third kappa shape index (κ3) is 5.39. The van der Waals surface area contributed by atoms with Crippen molar-refractivity contribution in [1.82, 2.24) is 0 Å². The maximum Gasteiger partial charge on any atom is 0.305 e. The Kier molecular flexibility index (Phi) is 6.20. The van der Waals surface area contributed by atoms with E-state index in [0.717, 1.165) is 12.8 Å². The molecule has 76 valence electrons. The fourth-order valence-electron chi connectivity index (χ4n) is 0.992. The van der Waals surface area contributed by atoms with Crippen molar-refractivity contribution in [2.45, 2.75) is 40.0 Å². The highest BCUT2D eigenvalue weighted by molar-refractivity contribution is 5.78. The first-order valence-corrected chi connectivity index (χ1v) is 4.77. The maximum atomic E-state index is 11.0. The van der Waals surface area contributed by atoms with Gasteiger partial charge in [0.15, 0.2) is 0 Å². The van der Waals surface area contributed by atoms with E-state index in [2.05, 4.69) is 0 Å². The summed E-state index contributed by atoms with van der Waals surface area (Å²) >= 11 is 0. The van der Waals surface area contributed by atoms with Gasteiger partial charge in [-0.3, -0.25) is 9.59 Å². The van der Waals surface area contributed by atoms with E-state index in [-0.39, 0.29) is 24.3 Å². The van der Waals surface area contributed by atoms with Crippen LogP contribution in [0.3, 0.4) is 0 Å². The molecule has 0 spiro atoms. The van der Waals surface area contributed by atoms with Crippen molar-refractivity contribution in [2.24, 2.45) is 5.92 Å². The molecule has 13 heavy (non-hydrogen) atoms. The van der Waals surface area contributed by atoms with Crippen LogP contribution in [0.25, 0.3) is 0 Å². The van der Waals surface area contributed by atoms with Crippen LogP contribution in [-0.2, 0) is 14.3 Å². The number of ether oxygens (including phenoxy) is 1.